The van der Waals surface area contributed by atoms with Crippen LogP contribution in [0.15, 0.2) is 47.5 Å². The summed E-state index contributed by atoms with van der Waals surface area (Å²) in [5.41, 5.74) is 7.84. The predicted octanol–water partition coefficient (Wildman–Crippen LogP) is 2.59. The topological polar surface area (TPSA) is 62.4 Å². The number of benzene rings is 1. The van der Waals surface area contributed by atoms with Crippen LogP contribution in [0, 0.1) is 0 Å². The van der Waals surface area contributed by atoms with Crippen molar-refractivity contribution in [3.05, 3.63) is 42.5 Å². The Labute approximate surface area is 132 Å². The Balaban J connectivity index is 0.00000324. The molecule has 0 saturated heterocycles. The molecule has 1 aromatic rings. The molecule has 106 valence electrons. The van der Waals surface area contributed by atoms with E-state index in [4.69, 9.17) is 5.73 Å². The van der Waals surface area contributed by atoms with E-state index in [1.807, 2.05) is 25.1 Å². The summed E-state index contributed by atoms with van der Waals surface area (Å²) in [7, 11) is 0. The first-order valence-corrected chi connectivity index (χ1v) is 6.15. The highest BCUT2D eigenvalue weighted by Gasteiger charge is 1.92. The number of nitrogens with zero attached hydrogens (tertiary/aromatic N) is 1. The van der Waals surface area contributed by atoms with Crippen molar-refractivity contribution in [3.63, 3.8) is 0 Å². The zero-order valence-electron chi connectivity index (χ0n) is 11.4. The van der Waals surface area contributed by atoms with Crippen molar-refractivity contribution in [2.75, 3.05) is 25.0 Å². The van der Waals surface area contributed by atoms with E-state index >= 15 is 0 Å². The molecule has 0 unspecified atom stereocenters. The molecule has 0 heterocycles. The summed E-state index contributed by atoms with van der Waals surface area (Å²) in [6, 6.07) is 10.1. The highest BCUT2D eigenvalue weighted by molar-refractivity contribution is 14.0. The van der Waals surface area contributed by atoms with Gasteiger partial charge in [-0.1, -0.05) is 30.4 Å². The Morgan fingerprint density at radius 3 is 2.58 bits per heavy atom. The summed E-state index contributed by atoms with van der Waals surface area (Å²) in [6.45, 7) is 8.00. The Morgan fingerprint density at radius 2 is 1.95 bits per heavy atom. The van der Waals surface area contributed by atoms with Gasteiger partial charge in [-0.05, 0) is 25.5 Å². The number of hydrogen-bond donors (Lipinski definition) is 3. The molecule has 1 aromatic carbocycles. The quantitative estimate of drug-likeness (QED) is 0.226. The van der Waals surface area contributed by atoms with E-state index < -0.39 is 0 Å². The van der Waals surface area contributed by atoms with Crippen LogP contribution in [0.2, 0.25) is 0 Å². The van der Waals surface area contributed by atoms with E-state index in [1.54, 1.807) is 0 Å². The van der Waals surface area contributed by atoms with Crippen LogP contribution >= 0.6 is 24.0 Å². The maximum Gasteiger partial charge on any atom is 0.188 e. The van der Waals surface area contributed by atoms with Gasteiger partial charge in [-0.2, -0.15) is 0 Å². The van der Waals surface area contributed by atoms with Gasteiger partial charge >= 0.3 is 0 Å². The van der Waals surface area contributed by atoms with Gasteiger partial charge in [0.2, 0.25) is 0 Å². The minimum absolute atomic E-state index is 0. The van der Waals surface area contributed by atoms with Crippen molar-refractivity contribution >= 4 is 35.6 Å². The smallest absolute Gasteiger partial charge is 0.188 e. The third kappa shape index (κ3) is 9.35. The summed E-state index contributed by atoms with van der Waals surface area (Å²) in [5, 5.41) is 6.40. The maximum atomic E-state index is 5.69. The van der Waals surface area contributed by atoms with Gasteiger partial charge in [0.05, 0.1) is 6.54 Å². The minimum Gasteiger partial charge on any atom is -0.385 e. The van der Waals surface area contributed by atoms with Crippen LogP contribution in [0.1, 0.15) is 13.3 Å². The van der Waals surface area contributed by atoms with E-state index in [1.165, 1.54) is 0 Å². The molecular weight excluding hydrogens is 351 g/mol. The van der Waals surface area contributed by atoms with Crippen molar-refractivity contribution in [2.45, 2.75) is 13.3 Å². The number of rotatable bonds is 7. The summed E-state index contributed by atoms with van der Waals surface area (Å²) in [6.07, 6.45) is 0.984. The lowest BCUT2D eigenvalue weighted by molar-refractivity contribution is 0.796. The number of para-hydroxylation sites is 1. The van der Waals surface area contributed by atoms with E-state index in [0.29, 0.717) is 12.5 Å². The standard InChI is InChI=1S/C14H22N4.HI/c1-12(2)11-18-14(15)17-10-6-9-16-13-7-4-3-5-8-13;/h3-5,7-8,16H,1,6,9-11H2,2H3,(H3,15,17,18);1H. The van der Waals surface area contributed by atoms with Crippen LogP contribution in [-0.2, 0) is 0 Å². The molecule has 0 aliphatic carbocycles. The Hall–Kier alpha value is -1.24. The third-order valence-electron chi connectivity index (χ3n) is 2.28. The van der Waals surface area contributed by atoms with Gasteiger partial charge in [0.25, 0.3) is 0 Å². The van der Waals surface area contributed by atoms with Gasteiger partial charge in [-0.25, -0.2) is 4.99 Å². The average molecular weight is 374 g/mol. The number of aliphatic imine (C=N–C) groups is 1. The Bertz CT molecular complexity index is 390. The van der Waals surface area contributed by atoms with Crippen LogP contribution < -0.4 is 16.4 Å². The molecule has 0 saturated carbocycles. The van der Waals surface area contributed by atoms with Crippen LogP contribution in [0.25, 0.3) is 0 Å². The molecule has 0 spiro atoms. The summed E-state index contributed by atoms with van der Waals surface area (Å²) < 4.78 is 0. The second-order valence-corrected chi connectivity index (χ2v) is 4.23. The fraction of sp³-hybridized carbons (Fsp3) is 0.357. The SMILES string of the molecule is C=C(C)CN=C(N)NCCCNc1ccccc1.I. The van der Waals surface area contributed by atoms with Crippen molar-refractivity contribution in [2.24, 2.45) is 10.7 Å². The molecule has 0 atom stereocenters. The predicted molar refractivity (Wildman–Crippen MR) is 94.3 cm³/mol. The molecule has 4 nitrogen and oxygen atoms in total. The zero-order valence-corrected chi connectivity index (χ0v) is 13.7. The van der Waals surface area contributed by atoms with Crippen molar-refractivity contribution in [3.8, 4) is 0 Å². The molecular formula is C14H23IN4. The lowest BCUT2D eigenvalue weighted by atomic mass is 10.3. The van der Waals surface area contributed by atoms with Crippen LogP contribution in [-0.4, -0.2) is 25.6 Å². The Kier molecular flexibility index (Phi) is 9.97. The molecule has 0 amide bonds. The van der Waals surface area contributed by atoms with Gasteiger partial charge in [-0.3, -0.25) is 0 Å². The minimum atomic E-state index is 0. The molecule has 1 rings (SSSR count). The zero-order chi connectivity index (χ0) is 13.2. The fourth-order valence-corrected chi connectivity index (χ4v) is 1.37. The first kappa shape index (κ1) is 17.8. The van der Waals surface area contributed by atoms with Gasteiger partial charge < -0.3 is 16.4 Å². The number of nitrogens with two attached hydrogens (primary N) is 1. The van der Waals surface area contributed by atoms with Gasteiger partial charge in [0.1, 0.15) is 0 Å². The van der Waals surface area contributed by atoms with Gasteiger partial charge in [-0.15, -0.1) is 24.0 Å². The molecule has 5 heteroatoms. The largest absolute Gasteiger partial charge is 0.385 e. The highest BCUT2D eigenvalue weighted by Crippen LogP contribution is 2.03. The summed E-state index contributed by atoms with van der Waals surface area (Å²) in [4.78, 5) is 4.14. The molecule has 0 aliphatic heterocycles. The molecule has 0 aliphatic rings. The number of nitrogens with one attached hydrogen (secondary N) is 2. The fourth-order valence-electron chi connectivity index (χ4n) is 1.37. The number of hydrogen-bond acceptors (Lipinski definition) is 2. The van der Waals surface area contributed by atoms with Crippen molar-refractivity contribution in [1.82, 2.24) is 5.32 Å². The second kappa shape index (κ2) is 10.7. The molecule has 0 aromatic heterocycles. The first-order chi connectivity index (χ1) is 8.68. The second-order valence-electron chi connectivity index (χ2n) is 4.23. The number of halogens is 1. The highest BCUT2D eigenvalue weighted by atomic mass is 127. The van der Waals surface area contributed by atoms with E-state index in [-0.39, 0.29) is 24.0 Å². The molecule has 0 radical (unpaired) electrons. The normalized spacial score (nSPS) is 10.5. The summed E-state index contributed by atoms with van der Waals surface area (Å²) in [5.74, 6) is 0.484. The number of guanidine groups is 1. The van der Waals surface area contributed by atoms with Crippen molar-refractivity contribution in [1.29, 1.82) is 0 Å². The molecule has 0 bridgehead atoms. The van der Waals surface area contributed by atoms with E-state index in [2.05, 4.69) is 34.3 Å². The molecule has 0 fully saturated rings. The van der Waals surface area contributed by atoms with Crippen LogP contribution in [0.5, 0.6) is 0 Å². The van der Waals surface area contributed by atoms with Gasteiger partial charge in [0, 0.05) is 18.8 Å². The van der Waals surface area contributed by atoms with Crippen LogP contribution in [0.3, 0.4) is 0 Å². The monoisotopic (exact) mass is 374 g/mol. The first-order valence-electron chi connectivity index (χ1n) is 6.15. The summed E-state index contributed by atoms with van der Waals surface area (Å²) >= 11 is 0. The molecule has 19 heavy (non-hydrogen) atoms. The van der Waals surface area contributed by atoms with Crippen molar-refractivity contribution < 1.29 is 0 Å². The van der Waals surface area contributed by atoms with Crippen LogP contribution in [0.4, 0.5) is 5.69 Å². The Morgan fingerprint density at radius 1 is 1.26 bits per heavy atom. The lowest BCUT2D eigenvalue weighted by Crippen LogP contribution is -2.33. The number of anilines is 1. The maximum absolute atomic E-state index is 5.69. The average Bonchev–Trinajstić information content (AvgIpc) is 2.37. The van der Waals surface area contributed by atoms with Gasteiger partial charge in [0.15, 0.2) is 5.96 Å². The third-order valence-corrected chi connectivity index (χ3v) is 2.28. The van der Waals surface area contributed by atoms with E-state index in [0.717, 1.165) is 30.8 Å². The lowest BCUT2D eigenvalue weighted by Gasteiger charge is -2.07. The van der Waals surface area contributed by atoms with E-state index in [9.17, 15) is 0 Å². The molecule has 4 N–H and O–H groups in total.